The Hall–Kier alpha value is -3.30. The Labute approximate surface area is 126 Å². The molecule has 22 heavy (non-hydrogen) atoms. The summed E-state index contributed by atoms with van der Waals surface area (Å²) in [4.78, 5) is 12.5. The Kier molecular flexibility index (Phi) is 2.78. The molecule has 0 aliphatic carbocycles. The minimum absolute atomic E-state index is 0.539. The van der Waals surface area contributed by atoms with Gasteiger partial charge in [0, 0.05) is 18.0 Å². The fraction of sp³-hybridized carbons (Fsp3) is 0. The van der Waals surface area contributed by atoms with Gasteiger partial charge < -0.3 is 9.82 Å². The van der Waals surface area contributed by atoms with E-state index in [1.54, 1.807) is 29.9 Å². The molecule has 0 saturated carbocycles. The lowest BCUT2D eigenvalue weighted by Gasteiger charge is -2.19. The second kappa shape index (κ2) is 4.91. The zero-order valence-corrected chi connectivity index (χ0v) is 11.4. The maximum Gasteiger partial charge on any atom is 0.140 e. The predicted octanol–water partition coefficient (Wildman–Crippen LogP) is 2.83. The predicted molar refractivity (Wildman–Crippen MR) is 82.1 cm³/mol. The summed E-state index contributed by atoms with van der Waals surface area (Å²) < 4.78 is 0. The quantitative estimate of drug-likeness (QED) is 0.758. The molecule has 6 nitrogen and oxygen atoms in total. The van der Waals surface area contributed by atoms with Gasteiger partial charge >= 0.3 is 0 Å². The molecule has 4 rings (SSSR count). The van der Waals surface area contributed by atoms with Crippen molar-refractivity contribution in [3.63, 3.8) is 0 Å². The summed E-state index contributed by atoms with van der Waals surface area (Å²) in [5, 5.41) is 11.9. The van der Waals surface area contributed by atoms with Crippen LogP contribution in [0.5, 0.6) is 0 Å². The SMILES string of the molecule is N#Cc1c[nH]c2ncc(-c3ccccc3)c(N3C=CON3)c12. The van der Waals surface area contributed by atoms with Crippen LogP contribution in [0.4, 0.5) is 5.69 Å². The molecule has 0 spiro atoms. The smallest absolute Gasteiger partial charge is 0.140 e. The number of fused-ring (bicyclic) bond motifs is 1. The fourth-order valence-electron chi connectivity index (χ4n) is 2.58. The third-order valence-corrected chi connectivity index (χ3v) is 3.55. The molecular formula is C16H11N5O. The van der Waals surface area contributed by atoms with Crippen molar-refractivity contribution in [2.75, 3.05) is 5.01 Å². The molecule has 2 aromatic heterocycles. The highest BCUT2D eigenvalue weighted by Gasteiger charge is 2.21. The van der Waals surface area contributed by atoms with E-state index in [2.05, 4.69) is 21.6 Å². The highest BCUT2D eigenvalue weighted by molar-refractivity contribution is 6.02. The molecular weight excluding hydrogens is 278 g/mol. The normalized spacial score (nSPS) is 13.3. The lowest BCUT2D eigenvalue weighted by molar-refractivity contribution is 0.159. The van der Waals surface area contributed by atoms with Crippen LogP contribution < -0.4 is 10.6 Å². The summed E-state index contributed by atoms with van der Waals surface area (Å²) in [5.41, 5.74) is 6.73. The van der Waals surface area contributed by atoms with E-state index in [4.69, 9.17) is 4.84 Å². The second-order valence-electron chi connectivity index (χ2n) is 4.79. The van der Waals surface area contributed by atoms with Crippen molar-refractivity contribution >= 4 is 16.7 Å². The molecule has 1 aliphatic rings. The number of aromatic nitrogens is 2. The molecule has 1 aromatic carbocycles. The first-order valence-corrected chi connectivity index (χ1v) is 6.71. The van der Waals surface area contributed by atoms with Crippen molar-refractivity contribution in [1.29, 1.82) is 5.26 Å². The lowest BCUT2D eigenvalue weighted by Crippen LogP contribution is -2.27. The molecule has 3 aromatic rings. The molecule has 0 bridgehead atoms. The Morgan fingerprint density at radius 3 is 2.82 bits per heavy atom. The number of pyridine rings is 1. The fourth-order valence-corrected chi connectivity index (χ4v) is 2.58. The first kappa shape index (κ1) is 12.4. The van der Waals surface area contributed by atoms with Crippen LogP contribution in [0.3, 0.4) is 0 Å². The second-order valence-corrected chi connectivity index (χ2v) is 4.79. The van der Waals surface area contributed by atoms with Crippen LogP contribution in [0.2, 0.25) is 0 Å². The lowest BCUT2D eigenvalue weighted by atomic mass is 10.0. The van der Waals surface area contributed by atoms with E-state index in [1.807, 2.05) is 30.3 Å². The summed E-state index contributed by atoms with van der Waals surface area (Å²) in [7, 11) is 0. The van der Waals surface area contributed by atoms with Crippen LogP contribution >= 0.6 is 0 Å². The topological polar surface area (TPSA) is 77.0 Å². The van der Waals surface area contributed by atoms with E-state index >= 15 is 0 Å². The summed E-state index contributed by atoms with van der Waals surface area (Å²) >= 11 is 0. The van der Waals surface area contributed by atoms with Crippen LogP contribution in [0, 0.1) is 11.3 Å². The van der Waals surface area contributed by atoms with Gasteiger partial charge in [0.05, 0.1) is 22.8 Å². The van der Waals surface area contributed by atoms with Crippen LogP contribution in [-0.4, -0.2) is 9.97 Å². The molecule has 106 valence electrons. The van der Waals surface area contributed by atoms with Gasteiger partial charge in [-0.05, 0) is 5.56 Å². The van der Waals surface area contributed by atoms with Crippen LogP contribution in [0.15, 0.2) is 55.2 Å². The average Bonchev–Trinajstić information content (AvgIpc) is 3.24. The molecule has 6 heteroatoms. The van der Waals surface area contributed by atoms with Gasteiger partial charge in [-0.2, -0.15) is 5.26 Å². The van der Waals surface area contributed by atoms with Gasteiger partial charge in [0.1, 0.15) is 18.0 Å². The Morgan fingerprint density at radius 2 is 2.09 bits per heavy atom. The molecule has 0 fully saturated rings. The molecule has 3 heterocycles. The number of nitrogens with zero attached hydrogens (tertiary/aromatic N) is 3. The van der Waals surface area contributed by atoms with Crippen LogP contribution in [-0.2, 0) is 4.84 Å². The number of hydrazine groups is 1. The standard InChI is InChI=1S/C16H11N5O/c17-8-12-9-18-16-14(12)15(21-6-7-22-20-21)13(10-19-16)11-4-2-1-3-5-11/h1-7,9-10,20H,(H,18,19). The highest BCUT2D eigenvalue weighted by Crippen LogP contribution is 2.37. The Morgan fingerprint density at radius 1 is 1.23 bits per heavy atom. The number of nitriles is 1. The van der Waals surface area contributed by atoms with Crippen molar-refractivity contribution in [3.05, 3.63) is 60.8 Å². The maximum atomic E-state index is 9.37. The minimum Gasteiger partial charge on any atom is -0.395 e. The van der Waals surface area contributed by atoms with Gasteiger partial charge in [-0.25, -0.2) is 9.99 Å². The first-order valence-electron chi connectivity index (χ1n) is 6.71. The number of H-pyrrole nitrogens is 1. The highest BCUT2D eigenvalue weighted by atomic mass is 16.7. The van der Waals surface area contributed by atoms with Crippen LogP contribution in [0.1, 0.15) is 5.56 Å². The third-order valence-electron chi connectivity index (χ3n) is 3.55. The zero-order chi connectivity index (χ0) is 14.9. The van der Waals surface area contributed by atoms with Gasteiger partial charge in [0.15, 0.2) is 0 Å². The van der Waals surface area contributed by atoms with Gasteiger partial charge in [-0.3, -0.25) is 0 Å². The van der Waals surface area contributed by atoms with Gasteiger partial charge in [0.2, 0.25) is 0 Å². The van der Waals surface area contributed by atoms with E-state index in [0.717, 1.165) is 22.2 Å². The number of aromatic amines is 1. The van der Waals surface area contributed by atoms with Gasteiger partial charge in [0.25, 0.3) is 0 Å². The summed E-state index contributed by atoms with van der Waals surface area (Å²) in [6.07, 6.45) is 6.75. The monoisotopic (exact) mass is 289 g/mol. The molecule has 0 amide bonds. The number of anilines is 1. The molecule has 0 atom stereocenters. The molecule has 0 unspecified atom stereocenters. The van der Waals surface area contributed by atoms with Crippen molar-refractivity contribution in [2.45, 2.75) is 0 Å². The van der Waals surface area contributed by atoms with Crippen LogP contribution in [0.25, 0.3) is 22.2 Å². The van der Waals surface area contributed by atoms with Crippen molar-refractivity contribution in [2.24, 2.45) is 0 Å². The number of hydrogen-bond acceptors (Lipinski definition) is 5. The largest absolute Gasteiger partial charge is 0.395 e. The Bertz CT molecular complexity index is 907. The van der Waals surface area contributed by atoms with Crippen molar-refractivity contribution < 1.29 is 4.84 Å². The first-order chi connectivity index (χ1) is 10.9. The Balaban J connectivity index is 2.06. The average molecular weight is 289 g/mol. The summed E-state index contributed by atoms with van der Waals surface area (Å²) in [6, 6.07) is 12.1. The van der Waals surface area contributed by atoms with Crippen molar-refractivity contribution in [1.82, 2.24) is 15.6 Å². The van der Waals surface area contributed by atoms with Gasteiger partial charge in [-0.1, -0.05) is 35.9 Å². The van der Waals surface area contributed by atoms with Crippen molar-refractivity contribution in [3.8, 4) is 17.2 Å². The minimum atomic E-state index is 0.539. The van der Waals surface area contributed by atoms with E-state index in [0.29, 0.717) is 11.2 Å². The number of benzene rings is 1. The molecule has 0 saturated heterocycles. The van der Waals surface area contributed by atoms with E-state index in [9.17, 15) is 5.26 Å². The number of rotatable bonds is 2. The number of nitrogens with one attached hydrogen (secondary N) is 2. The van der Waals surface area contributed by atoms with E-state index in [-0.39, 0.29) is 0 Å². The summed E-state index contributed by atoms with van der Waals surface area (Å²) in [6.45, 7) is 0. The number of hydrogen-bond donors (Lipinski definition) is 2. The van der Waals surface area contributed by atoms with E-state index < -0.39 is 0 Å². The zero-order valence-electron chi connectivity index (χ0n) is 11.4. The van der Waals surface area contributed by atoms with E-state index in [1.165, 1.54) is 0 Å². The van der Waals surface area contributed by atoms with Gasteiger partial charge in [-0.15, -0.1) is 0 Å². The third kappa shape index (κ3) is 1.81. The maximum absolute atomic E-state index is 9.37. The molecule has 1 aliphatic heterocycles. The molecule has 0 radical (unpaired) electrons. The summed E-state index contributed by atoms with van der Waals surface area (Å²) in [5.74, 6) is 0. The molecule has 2 N–H and O–H groups in total.